The van der Waals surface area contributed by atoms with E-state index in [4.69, 9.17) is 0 Å². The van der Waals surface area contributed by atoms with Crippen molar-refractivity contribution in [1.29, 1.82) is 0 Å². The van der Waals surface area contributed by atoms with Crippen molar-refractivity contribution in [1.82, 2.24) is 0 Å². The highest BCUT2D eigenvalue weighted by Crippen LogP contribution is 2.39. The zero-order valence-electron chi connectivity index (χ0n) is 7.20. The van der Waals surface area contributed by atoms with E-state index in [0.717, 1.165) is 0 Å². The first-order valence-corrected chi connectivity index (χ1v) is 4.26. The van der Waals surface area contributed by atoms with Gasteiger partial charge in [-0.05, 0) is 0 Å². The minimum atomic E-state index is -2.68. The molecule has 0 nitrogen and oxygen atoms in total. The van der Waals surface area contributed by atoms with E-state index in [1.54, 1.807) is 0 Å². The van der Waals surface area contributed by atoms with Gasteiger partial charge in [-0.1, -0.05) is 0 Å². The van der Waals surface area contributed by atoms with Crippen LogP contribution in [0, 0.1) is 0 Å². The molecule has 2 aliphatic rings. The highest BCUT2D eigenvalue weighted by atomic mass is 19.3. The summed E-state index contributed by atoms with van der Waals surface area (Å²) >= 11 is 0. The van der Waals surface area contributed by atoms with Gasteiger partial charge in [-0.15, -0.1) is 0 Å². The number of hydrogen-bond acceptors (Lipinski definition) is 0. The second-order valence-electron chi connectivity index (χ2n) is 3.57. The van der Waals surface area contributed by atoms with E-state index < -0.39 is 43.5 Å². The molecule has 0 saturated heterocycles. The van der Waals surface area contributed by atoms with Gasteiger partial charge in [-0.25, -0.2) is 26.3 Å². The van der Waals surface area contributed by atoms with Crippen molar-refractivity contribution in [3.8, 4) is 0 Å². The minimum absolute atomic E-state index is 0.249. The third-order valence-electron chi connectivity index (χ3n) is 2.18. The van der Waals surface area contributed by atoms with Crippen LogP contribution in [0.25, 0.3) is 0 Å². The van der Waals surface area contributed by atoms with Crippen LogP contribution in [0.2, 0.25) is 0 Å². The molecule has 0 aromatic carbocycles. The molecule has 2 saturated carbocycles. The summed E-state index contributed by atoms with van der Waals surface area (Å²) in [6.45, 7) is 0. The van der Waals surface area contributed by atoms with Crippen molar-refractivity contribution in [3.05, 3.63) is 0 Å². The van der Waals surface area contributed by atoms with Crippen LogP contribution >= 0.6 is 0 Å². The summed E-state index contributed by atoms with van der Waals surface area (Å²) in [6.07, 6.45) is -7.51. The molecule has 2 fully saturated rings. The Bertz CT molecular complexity index is 178. The van der Waals surface area contributed by atoms with Crippen LogP contribution < -0.4 is 0 Å². The van der Waals surface area contributed by atoms with E-state index in [2.05, 4.69) is 0 Å². The van der Waals surface area contributed by atoms with Crippen LogP contribution in [0.4, 0.5) is 26.3 Å². The third-order valence-corrected chi connectivity index (χ3v) is 2.18. The third kappa shape index (κ3) is 2.78. The minimum Gasteiger partial charge on any atom is -0.247 e. The standard InChI is InChI=1S/2C4H5F3/c5-3-1-4(6,7)2-3;5-2-1-3(6)4(2)7/h3H,1-2H2;2-4H,1H2. The summed E-state index contributed by atoms with van der Waals surface area (Å²) in [5.41, 5.74) is 0. The van der Waals surface area contributed by atoms with E-state index in [1.165, 1.54) is 0 Å². The van der Waals surface area contributed by atoms with E-state index in [-0.39, 0.29) is 6.42 Å². The van der Waals surface area contributed by atoms with Crippen molar-refractivity contribution < 1.29 is 26.3 Å². The average Bonchev–Trinajstić information content (AvgIpc) is 2.02. The van der Waals surface area contributed by atoms with Gasteiger partial charge < -0.3 is 0 Å². The van der Waals surface area contributed by atoms with Crippen molar-refractivity contribution in [3.63, 3.8) is 0 Å². The molecule has 6 heteroatoms. The zero-order chi connectivity index (χ0) is 10.9. The molecule has 2 unspecified atom stereocenters. The molecule has 2 rings (SSSR count). The van der Waals surface area contributed by atoms with Gasteiger partial charge in [-0.3, -0.25) is 0 Å². The van der Waals surface area contributed by atoms with Crippen molar-refractivity contribution in [2.45, 2.75) is 49.9 Å². The predicted octanol–water partition coefficient (Wildman–Crippen LogP) is 3.16. The Balaban J connectivity index is 0.000000140. The van der Waals surface area contributed by atoms with Gasteiger partial charge in [0.1, 0.15) is 18.5 Å². The molecule has 0 amide bonds. The van der Waals surface area contributed by atoms with Crippen molar-refractivity contribution in [2.24, 2.45) is 0 Å². The molecule has 0 aromatic heterocycles. The van der Waals surface area contributed by atoms with Crippen LogP contribution in [0.1, 0.15) is 19.3 Å². The van der Waals surface area contributed by atoms with E-state index in [1.807, 2.05) is 0 Å². The molecule has 0 spiro atoms. The summed E-state index contributed by atoms with van der Waals surface area (Å²) < 4.78 is 69.3. The number of alkyl halides is 6. The molecule has 0 N–H and O–H groups in total. The summed E-state index contributed by atoms with van der Waals surface area (Å²) in [5, 5.41) is 0. The lowest BCUT2D eigenvalue weighted by atomic mass is 9.93. The van der Waals surface area contributed by atoms with Gasteiger partial charge in [0.05, 0.1) is 0 Å². The molecular weight excluding hydrogens is 210 g/mol. The Hall–Kier alpha value is -0.420. The van der Waals surface area contributed by atoms with Gasteiger partial charge >= 0.3 is 0 Å². The normalized spacial score (nSPS) is 40.3. The molecule has 2 atom stereocenters. The Labute approximate surface area is 77.3 Å². The first-order chi connectivity index (χ1) is 6.32. The maximum atomic E-state index is 11.6. The second kappa shape index (κ2) is 3.98. The Morgan fingerprint density at radius 2 is 1.29 bits per heavy atom. The quantitative estimate of drug-likeness (QED) is 0.550. The highest BCUT2D eigenvalue weighted by molar-refractivity contribution is 4.89. The fraction of sp³-hybridized carbons (Fsp3) is 1.00. The lowest BCUT2D eigenvalue weighted by Crippen LogP contribution is -2.41. The first kappa shape index (κ1) is 11.7. The smallest absolute Gasteiger partial charge is 0.247 e. The molecule has 0 bridgehead atoms. The maximum Gasteiger partial charge on any atom is 0.253 e. The van der Waals surface area contributed by atoms with Crippen molar-refractivity contribution in [2.75, 3.05) is 0 Å². The highest BCUT2D eigenvalue weighted by Gasteiger charge is 2.45. The Morgan fingerprint density at radius 1 is 0.857 bits per heavy atom. The molecule has 84 valence electrons. The summed E-state index contributed by atoms with van der Waals surface area (Å²) in [4.78, 5) is 0. The summed E-state index contributed by atoms with van der Waals surface area (Å²) in [6, 6.07) is 0. The maximum absolute atomic E-state index is 11.6. The van der Waals surface area contributed by atoms with Gasteiger partial charge in [0, 0.05) is 19.3 Å². The topological polar surface area (TPSA) is 0 Å². The van der Waals surface area contributed by atoms with Crippen LogP contribution in [-0.2, 0) is 0 Å². The first-order valence-electron chi connectivity index (χ1n) is 4.26. The Kier molecular flexibility index (Phi) is 3.32. The van der Waals surface area contributed by atoms with E-state index in [0.29, 0.717) is 0 Å². The number of halogens is 6. The summed E-state index contributed by atoms with van der Waals surface area (Å²) in [7, 11) is 0. The zero-order valence-corrected chi connectivity index (χ0v) is 7.20. The van der Waals surface area contributed by atoms with E-state index >= 15 is 0 Å². The number of hydrogen-bond donors (Lipinski definition) is 0. The molecule has 0 heterocycles. The SMILES string of the molecule is FC1CC(F)(F)C1.FC1CC(F)C1F. The second-order valence-corrected chi connectivity index (χ2v) is 3.57. The summed E-state index contributed by atoms with van der Waals surface area (Å²) in [5.74, 6) is -2.68. The van der Waals surface area contributed by atoms with E-state index in [9.17, 15) is 26.3 Å². The van der Waals surface area contributed by atoms with Crippen LogP contribution in [0.5, 0.6) is 0 Å². The average molecular weight is 220 g/mol. The monoisotopic (exact) mass is 220 g/mol. The molecule has 0 aliphatic heterocycles. The van der Waals surface area contributed by atoms with Crippen LogP contribution in [0.3, 0.4) is 0 Å². The van der Waals surface area contributed by atoms with Crippen molar-refractivity contribution >= 4 is 0 Å². The molecule has 14 heavy (non-hydrogen) atoms. The fourth-order valence-electron chi connectivity index (χ4n) is 1.09. The molecule has 0 radical (unpaired) electrons. The molecule has 0 aromatic rings. The number of rotatable bonds is 0. The molecular formula is C8H10F6. The fourth-order valence-corrected chi connectivity index (χ4v) is 1.09. The largest absolute Gasteiger partial charge is 0.253 e. The van der Waals surface area contributed by atoms with Gasteiger partial charge in [0.15, 0.2) is 6.17 Å². The van der Waals surface area contributed by atoms with Crippen LogP contribution in [-0.4, -0.2) is 30.6 Å². The van der Waals surface area contributed by atoms with Gasteiger partial charge in [0.25, 0.3) is 5.92 Å². The Morgan fingerprint density at radius 3 is 1.29 bits per heavy atom. The molecule has 2 aliphatic carbocycles. The van der Waals surface area contributed by atoms with Gasteiger partial charge in [0.2, 0.25) is 0 Å². The predicted molar refractivity (Wildman–Crippen MR) is 38.4 cm³/mol. The lowest BCUT2D eigenvalue weighted by molar-refractivity contribution is -0.117. The van der Waals surface area contributed by atoms with Crippen LogP contribution in [0.15, 0.2) is 0 Å². The van der Waals surface area contributed by atoms with Gasteiger partial charge in [-0.2, -0.15) is 0 Å². The lowest BCUT2D eigenvalue weighted by Gasteiger charge is -2.28.